The van der Waals surface area contributed by atoms with E-state index in [9.17, 15) is 9.59 Å². The molecule has 0 aromatic heterocycles. The summed E-state index contributed by atoms with van der Waals surface area (Å²) in [6.07, 6.45) is 0. The fourth-order valence-corrected chi connectivity index (χ4v) is 1.67. The highest BCUT2D eigenvalue weighted by molar-refractivity contribution is 6.31. The summed E-state index contributed by atoms with van der Waals surface area (Å²) in [5, 5.41) is 12.3. The summed E-state index contributed by atoms with van der Waals surface area (Å²) in [4.78, 5) is 24.2. The number of hydrogen-bond acceptors (Lipinski definition) is 3. The number of halogens is 1. The third-order valence-corrected chi connectivity index (χ3v) is 2.63. The number of likely N-dealkylation sites (N-methyl/N-ethyl adjacent to an activating group) is 1. The molecule has 1 rings (SSSR count). The van der Waals surface area contributed by atoms with E-state index in [1.54, 1.807) is 33.2 Å². The van der Waals surface area contributed by atoms with Gasteiger partial charge in [0.05, 0.1) is 5.56 Å². The van der Waals surface area contributed by atoms with Gasteiger partial charge >= 0.3 is 5.97 Å². The van der Waals surface area contributed by atoms with E-state index in [-0.39, 0.29) is 11.5 Å². The first kappa shape index (κ1) is 14.3. The van der Waals surface area contributed by atoms with E-state index in [2.05, 4.69) is 5.32 Å². The van der Waals surface area contributed by atoms with Gasteiger partial charge in [-0.3, -0.25) is 4.79 Å². The molecule has 1 aromatic rings. The van der Waals surface area contributed by atoms with Crippen LogP contribution in [0.1, 0.15) is 17.3 Å². The molecule has 1 aromatic carbocycles. The molecule has 0 aliphatic carbocycles. The molecule has 0 saturated carbocycles. The van der Waals surface area contributed by atoms with Gasteiger partial charge in [-0.2, -0.15) is 0 Å². The Kier molecular flexibility index (Phi) is 4.55. The fraction of sp³-hybridized carbons (Fsp3) is 0.333. The van der Waals surface area contributed by atoms with Crippen molar-refractivity contribution in [1.82, 2.24) is 4.90 Å². The van der Waals surface area contributed by atoms with Crippen LogP contribution >= 0.6 is 11.6 Å². The van der Waals surface area contributed by atoms with Gasteiger partial charge in [-0.25, -0.2) is 4.79 Å². The summed E-state index contributed by atoms with van der Waals surface area (Å²) < 4.78 is 0. The lowest BCUT2D eigenvalue weighted by atomic mass is 10.1. The first-order valence-electron chi connectivity index (χ1n) is 5.33. The third-order valence-electron chi connectivity index (χ3n) is 2.40. The molecule has 0 aliphatic heterocycles. The molecule has 5 nitrogen and oxygen atoms in total. The summed E-state index contributed by atoms with van der Waals surface area (Å²) in [6.45, 7) is 1.67. The van der Waals surface area contributed by atoms with Crippen molar-refractivity contribution in [2.45, 2.75) is 13.0 Å². The molecule has 6 heteroatoms. The average molecular weight is 271 g/mol. The molecule has 1 amide bonds. The van der Waals surface area contributed by atoms with Crippen molar-refractivity contribution >= 4 is 29.2 Å². The van der Waals surface area contributed by atoms with Crippen LogP contribution in [0.4, 0.5) is 5.69 Å². The highest BCUT2D eigenvalue weighted by Gasteiger charge is 2.18. The van der Waals surface area contributed by atoms with Gasteiger partial charge in [0.2, 0.25) is 5.91 Å². The van der Waals surface area contributed by atoms with Crippen molar-refractivity contribution in [3.63, 3.8) is 0 Å². The number of amides is 1. The van der Waals surface area contributed by atoms with Gasteiger partial charge < -0.3 is 15.3 Å². The lowest BCUT2D eigenvalue weighted by molar-refractivity contribution is -0.129. The number of nitrogens with one attached hydrogen (secondary N) is 1. The number of nitrogens with zero attached hydrogens (tertiary/aromatic N) is 1. The van der Waals surface area contributed by atoms with E-state index in [1.807, 2.05) is 0 Å². The molecule has 0 bridgehead atoms. The van der Waals surface area contributed by atoms with Gasteiger partial charge in [-0.1, -0.05) is 11.6 Å². The second kappa shape index (κ2) is 5.73. The minimum atomic E-state index is -1.09. The van der Waals surface area contributed by atoms with Crippen LogP contribution in [0.15, 0.2) is 18.2 Å². The van der Waals surface area contributed by atoms with Crippen LogP contribution in [0, 0.1) is 0 Å². The molecule has 98 valence electrons. The minimum Gasteiger partial charge on any atom is -0.478 e. The van der Waals surface area contributed by atoms with Crippen LogP contribution in [0.2, 0.25) is 5.02 Å². The number of hydrogen-bond donors (Lipinski definition) is 2. The normalized spacial score (nSPS) is 11.8. The van der Waals surface area contributed by atoms with Crippen molar-refractivity contribution in [2.75, 3.05) is 19.4 Å². The zero-order valence-electron chi connectivity index (χ0n) is 10.4. The Bertz CT molecular complexity index is 474. The van der Waals surface area contributed by atoms with Gasteiger partial charge in [-0.15, -0.1) is 0 Å². The molecule has 18 heavy (non-hydrogen) atoms. The predicted octanol–water partition coefficient (Wildman–Crippen LogP) is 1.93. The highest BCUT2D eigenvalue weighted by Crippen LogP contribution is 2.21. The number of carboxylic acids is 1. The average Bonchev–Trinajstić information content (AvgIpc) is 2.29. The van der Waals surface area contributed by atoms with E-state index >= 15 is 0 Å². The van der Waals surface area contributed by atoms with Crippen LogP contribution in [-0.2, 0) is 4.79 Å². The van der Waals surface area contributed by atoms with Crippen molar-refractivity contribution in [2.24, 2.45) is 0 Å². The number of carbonyl (C=O) groups is 2. The Morgan fingerprint density at radius 2 is 2.00 bits per heavy atom. The van der Waals surface area contributed by atoms with Crippen LogP contribution in [0.25, 0.3) is 0 Å². The number of benzene rings is 1. The van der Waals surface area contributed by atoms with Gasteiger partial charge in [0.25, 0.3) is 0 Å². The number of aromatic carboxylic acids is 1. The Hall–Kier alpha value is -1.75. The second-order valence-corrected chi connectivity index (χ2v) is 4.53. The van der Waals surface area contributed by atoms with Crippen molar-refractivity contribution < 1.29 is 14.7 Å². The van der Waals surface area contributed by atoms with E-state index in [4.69, 9.17) is 16.7 Å². The molecule has 0 fully saturated rings. The first-order valence-corrected chi connectivity index (χ1v) is 5.71. The Morgan fingerprint density at radius 1 is 1.39 bits per heavy atom. The van der Waals surface area contributed by atoms with Gasteiger partial charge in [0.15, 0.2) is 0 Å². The number of carboxylic acid groups (broad SMARTS) is 1. The van der Waals surface area contributed by atoms with E-state index in [0.29, 0.717) is 10.7 Å². The van der Waals surface area contributed by atoms with Crippen LogP contribution < -0.4 is 5.32 Å². The number of carbonyl (C=O) groups excluding carboxylic acids is 1. The van der Waals surface area contributed by atoms with E-state index in [1.165, 1.54) is 11.0 Å². The Morgan fingerprint density at radius 3 is 2.50 bits per heavy atom. The molecule has 1 atom stereocenters. The van der Waals surface area contributed by atoms with Crippen LogP contribution in [0.5, 0.6) is 0 Å². The monoisotopic (exact) mass is 270 g/mol. The molecule has 0 heterocycles. The molecule has 0 saturated heterocycles. The zero-order valence-corrected chi connectivity index (χ0v) is 11.2. The molecular formula is C12H15ClN2O3. The van der Waals surface area contributed by atoms with Gasteiger partial charge in [0.1, 0.15) is 6.04 Å². The maximum absolute atomic E-state index is 11.7. The smallest absolute Gasteiger partial charge is 0.337 e. The molecular weight excluding hydrogens is 256 g/mol. The standard InChI is InChI=1S/C12H15ClN2O3/c1-7(11(16)15(2)3)14-10-5-4-8(13)6-9(10)12(17)18/h4-7,14H,1-3H3,(H,17,18). The maximum atomic E-state index is 11.7. The topological polar surface area (TPSA) is 69.6 Å². The first-order chi connectivity index (χ1) is 8.32. The fourth-order valence-electron chi connectivity index (χ4n) is 1.50. The molecule has 0 radical (unpaired) electrons. The SMILES string of the molecule is CC(Nc1ccc(Cl)cc1C(=O)O)C(=O)N(C)C. The third kappa shape index (κ3) is 3.37. The highest BCUT2D eigenvalue weighted by atomic mass is 35.5. The summed E-state index contributed by atoms with van der Waals surface area (Å²) in [5.41, 5.74) is 0.413. The lowest BCUT2D eigenvalue weighted by Gasteiger charge is -2.20. The number of anilines is 1. The van der Waals surface area contributed by atoms with Crippen LogP contribution in [-0.4, -0.2) is 42.0 Å². The summed E-state index contributed by atoms with van der Waals surface area (Å²) in [6, 6.07) is 3.95. The van der Waals surface area contributed by atoms with Crippen molar-refractivity contribution in [3.8, 4) is 0 Å². The second-order valence-electron chi connectivity index (χ2n) is 4.09. The molecule has 2 N–H and O–H groups in total. The molecule has 1 unspecified atom stereocenters. The minimum absolute atomic E-state index is 0.0425. The Balaban J connectivity index is 2.97. The predicted molar refractivity (Wildman–Crippen MR) is 70.2 cm³/mol. The van der Waals surface area contributed by atoms with E-state index in [0.717, 1.165) is 0 Å². The molecule has 0 spiro atoms. The maximum Gasteiger partial charge on any atom is 0.337 e. The Labute approximate surface area is 110 Å². The van der Waals surface area contributed by atoms with Crippen LogP contribution in [0.3, 0.4) is 0 Å². The zero-order chi connectivity index (χ0) is 13.9. The van der Waals surface area contributed by atoms with E-state index < -0.39 is 12.0 Å². The summed E-state index contributed by atoms with van der Waals surface area (Å²) >= 11 is 5.74. The molecule has 0 aliphatic rings. The summed E-state index contributed by atoms with van der Waals surface area (Å²) in [5.74, 6) is -1.23. The quantitative estimate of drug-likeness (QED) is 0.877. The number of rotatable bonds is 4. The van der Waals surface area contributed by atoms with Gasteiger partial charge in [-0.05, 0) is 25.1 Å². The van der Waals surface area contributed by atoms with Crippen molar-refractivity contribution in [3.05, 3.63) is 28.8 Å². The van der Waals surface area contributed by atoms with Crippen molar-refractivity contribution in [1.29, 1.82) is 0 Å². The largest absolute Gasteiger partial charge is 0.478 e. The summed E-state index contributed by atoms with van der Waals surface area (Å²) in [7, 11) is 3.28. The van der Waals surface area contributed by atoms with Gasteiger partial charge in [0, 0.05) is 24.8 Å². The lowest BCUT2D eigenvalue weighted by Crippen LogP contribution is -2.37.